The molecule has 16 atom stereocenters. The Morgan fingerprint density at radius 2 is 1.60 bits per heavy atom. The van der Waals surface area contributed by atoms with Crippen LogP contribution in [-0.4, -0.2) is 114 Å². The van der Waals surface area contributed by atoms with Crippen molar-refractivity contribution in [3.8, 4) is 0 Å². The zero-order valence-electron chi connectivity index (χ0n) is 29.2. The second-order valence-corrected chi connectivity index (χ2v) is 17.8. The molecule has 3 saturated carbocycles. The first-order chi connectivity index (χ1) is 21.6. The van der Waals surface area contributed by atoms with E-state index in [1.54, 1.807) is 13.8 Å². The van der Waals surface area contributed by atoms with Crippen LogP contribution in [0.1, 0.15) is 93.9 Å². The summed E-state index contributed by atoms with van der Waals surface area (Å²) < 4.78 is 18.4. The van der Waals surface area contributed by atoms with Crippen LogP contribution in [0.25, 0.3) is 0 Å². The van der Waals surface area contributed by atoms with Gasteiger partial charge < -0.3 is 50.0 Å². The highest BCUT2D eigenvalue weighted by molar-refractivity contribution is 5.88. The number of allylic oxidation sites excluding steroid dienone is 1. The van der Waals surface area contributed by atoms with Gasteiger partial charge in [0.25, 0.3) is 0 Å². The first-order valence-corrected chi connectivity index (χ1v) is 17.5. The van der Waals surface area contributed by atoms with Crippen LogP contribution in [-0.2, 0) is 19.0 Å². The minimum atomic E-state index is -1.61. The van der Waals surface area contributed by atoms with E-state index in [2.05, 4.69) is 26.8 Å². The van der Waals surface area contributed by atoms with Crippen molar-refractivity contribution in [1.82, 2.24) is 0 Å². The number of Topliss-reactive ketones (excluding diaryl/α,β-unsaturated/α-hetero) is 1. The van der Waals surface area contributed by atoms with Crippen LogP contribution >= 0.6 is 0 Å². The average Bonchev–Trinajstić information content (AvgIpc) is 3.44. The molecular weight excluding hydrogens is 608 g/mol. The van der Waals surface area contributed by atoms with E-state index in [0.29, 0.717) is 19.3 Å². The predicted octanol–water partition coefficient (Wildman–Crippen LogP) is 1.61. The zero-order valence-corrected chi connectivity index (χ0v) is 29.2. The molecule has 6 aliphatic rings. The Labute approximate surface area is 278 Å². The normalized spacial score (nSPS) is 54.4. The number of rotatable bonds is 5. The van der Waals surface area contributed by atoms with Crippen molar-refractivity contribution >= 4 is 5.78 Å². The van der Waals surface area contributed by atoms with Gasteiger partial charge in [-0.05, 0) is 75.0 Å². The smallest absolute Gasteiger partial charge is 0.187 e. The van der Waals surface area contributed by atoms with E-state index in [0.717, 1.165) is 18.4 Å². The Balaban J connectivity index is 1.33. The molecule has 7 N–H and O–H groups in total. The summed E-state index contributed by atoms with van der Waals surface area (Å²) in [5.41, 5.74) is -3.33. The lowest BCUT2D eigenvalue weighted by atomic mass is 9.38. The largest absolute Gasteiger partial charge is 0.394 e. The van der Waals surface area contributed by atoms with Crippen LogP contribution in [0.4, 0.5) is 0 Å². The predicted molar refractivity (Wildman–Crippen MR) is 170 cm³/mol. The molecule has 2 aliphatic heterocycles. The number of ketones is 1. The minimum absolute atomic E-state index is 0.0359. The lowest BCUT2D eigenvalue weighted by molar-refractivity contribution is -0.323. The molecule has 2 heterocycles. The maximum atomic E-state index is 14.8. The molecular formula is C36H58O11. The van der Waals surface area contributed by atoms with Gasteiger partial charge in [-0.1, -0.05) is 46.3 Å². The molecule has 11 nitrogen and oxygen atoms in total. The number of aliphatic hydroxyl groups excluding tert-OH is 6. The van der Waals surface area contributed by atoms with Crippen molar-refractivity contribution in [2.45, 2.75) is 160 Å². The van der Waals surface area contributed by atoms with Crippen LogP contribution < -0.4 is 0 Å². The number of aliphatic hydroxyl groups is 7. The third-order valence-corrected chi connectivity index (χ3v) is 14.8. The molecule has 0 aromatic heterocycles. The number of carbonyl (C=O) groups is 1. The van der Waals surface area contributed by atoms with E-state index < -0.39 is 89.2 Å². The fourth-order valence-corrected chi connectivity index (χ4v) is 11.5. The summed E-state index contributed by atoms with van der Waals surface area (Å²) >= 11 is 0. The number of carbonyl (C=O) groups excluding carboxylic acids is 1. The Bertz CT molecular complexity index is 1280. The van der Waals surface area contributed by atoms with E-state index in [9.17, 15) is 40.5 Å². The summed E-state index contributed by atoms with van der Waals surface area (Å²) in [4.78, 5) is 14.8. The Morgan fingerprint density at radius 1 is 0.936 bits per heavy atom. The SMILES string of the molecule is CC(C)(O)C1CC(O)C(C)([C@H]2CC[C@@]3(C)[C@@H]4CC=C5[C@@H](C[C@H](O[C@@H]6O[C@H](CO)[C@@H](O)[C@H](O)[C@H]6O)[C@@H](O)C5(C)C)[C@]4(C)C(=O)C[C@]23C)O1. The molecule has 0 spiro atoms. The third kappa shape index (κ3) is 4.85. The first kappa shape index (κ1) is 35.8. The van der Waals surface area contributed by atoms with Crippen LogP contribution in [0, 0.1) is 39.4 Å². The second-order valence-electron chi connectivity index (χ2n) is 17.8. The van der Waals surface area contributed by atoms with Crippen LogP contribution in [0.5, 0.6) is 0 Å². The summed E-state index contributed by atoms with van der Waals surface area (Å²) in [6.45, 7) is 15.2. The molecule has 0 bridgehead atoms. The standard InChI is InChI=1S/C36H58O11/c1-31(2)17-9-10-21-33(5)12-11-22(36(8)23(38)14-25(47-36)32(3,4)44)34(33,6)15-24(39)35(21,7)18(17)13-19(29(31)43)45-30-28(42)27(41)26(40)20(16-37)46-30/h9,18-23,25-30,37-38,40-44H,10-16H2,1-8H3/t18-,19+,20-,21+,22+,23?,25?,26-,27+,28-,29-,30-,33+,34-,35+,36?/m1/s1. The molecule has 0 radical (unpaired) electrons. The quantitative estimate of drug-likeness (QED) is 0.211. The number of fused-ring (bicyclic) bond motifs is 5. The summed E-state index contributed by atoms with van der Waals surface area (Å²) in [5, 5.41) is 74.9. The molecule has 268 valence electrons. The van der Waals surface area contributed by atoms with Gasteiger partial charge in [-0.15, -0.1) is 0 Å². The molecule has 4 aliphatic carbocycles. The summed E-state index contributed by atoms with van der Waals surface area (Å²) in [5.74, 6) is -0.274. The van der Waals surface area contributed by atoms with Gasteiger partial charge in [0, 0.05) is 23.7 Å². The fraction of sp³-hybridized carbons (Fsp3) is 0.917. The van der Waals surface area contributed by atoms with Crippen molar-refractivity contribution in [3.05, 3.63) is 11.6 Å². The van der Waals surface area contributed by atoms with Crippen molar-refractivity contribution in [1.29, 1.82) is 0 Å². The molecule has 0 aromatic rings. The highest BCUT2D eigenvalue weighted by atomic mass is 16.7. The molecule has 0 amide bonds. The van der Waals surface area contributed by atoms with E-state index in [-0.39, 0.29) is 35.4 Å². The van der Waals surface area contributed by atoms with Crippen molar-refractivity contribution in [2.75, 3.05) is 6.61 Å². The molecule has 3 unspecified atom stereocenters. The van der Waals surface area contributed by atoms with Gasteiger partial charge in [-0.25, -0.2) is 0 Å². The fourth-order valence-electron chi connectivity index (χ4n) is 11.5. The van der Waals surface area contributed by atoms with E-state index >= 15 is 0 Å². The highest BCUT2D eigenvalue weighted by Gasteiger charge is 2.74. The molecule has 0 aromatic carbocycles. The number of hydrogen-bond donors (Lipinski definition) is 7. The maximum absolute atomic E-state index is 14.8. The molecule has 11 heteroatoms. The summed E-state index contributed by atoms with van der Waals surface area (Å²) in [6.07, 6.45) is -5.00. The minimum Gasteiger partial charge on any atom is -0.394 e. The van der Waals surface area contributed by atoms with E-state index in [4.69, 9.17) is 14.2 Å². The molecule has 2 saturated heterocycles. The Morgan fingerprint density at radius 3 is 2.19 bits per heavy atom. The van der Waals surface area contributed by atoms with Gasteiger partial charge in [0.05, 0.1) is 42.2 Å². The maximum Gasteiger partial charge on any atom is 0.187 e. The van der Waals surface area contributed by atoms with E-state index in [1.807, 2.05) is 20.8 Å². The summed E-state index contributed by atoms with van der Waals surface area (Å²) in [7, 11) is 0. The van der Waals surface area contributed by atoms with Crippen LogP contribution in [0.2, 0.25) is 0 Å². The lowest BCUT2D eigenvalue weighted by Gasteiger charge is -2.65. The number of ether oxygens (including phenoxy) is 3. The van der Waals surface area contributed by atoms with Crippen LogP contribution in [0.15, 0.2) is 11.6 Å². The van der Waals surface area contributed by atoms with Crippen molar-refractivity contribution in [2.24, 2.45) is 39.4 Å². The molecule has 47 heavy (non-hydrogen) atoms. The first-order valence-electron chi connectivity index (χ1n) is 17.5. The third-order valence-electron chi connectivity index (χ3n) is 14.8. The molecule has 5 fully saturated rings. The number of hydrogen-bond acceptors (Lipinski definition) is 11. The average molecular weight is 667 g/mol. The van der Waals surface area contributed by atoms with Gasteiger partial charge in [-0.2, -0.15) is 0 Å². The zero-order chi connectivity index (χ0) is 34.9. The van der Waals surface area contributed by atoms with Gasteiger partial charge in [0.1, 0.15) is 30.2 Å². The van der Waals surface area contributed by atoms with Gasteiger partial charge in [0.2, 0.25) is 0 Å². The van der Waals surface area contributed by atoms with Gasteiger partial charge in [0.15, 0.2) is 6.29 Å². The summed E-state index contributed by atoms with van der Waals surface area (Å²) in [6, 6.07) is 0. The monoisotopic (exact) mass is 666 g/mol. The Kier molecular flexibility index (Phi) is 8.58. The van der Waals surface area contributed by atoms with E-state index in [1.165, 1.54) is 0 Å². The highest BCUT2D eigenvalue weighted by Crippen LogP contribution is 2.75. The molecule has 6 rings (SSSR count). The topological polar surface area (TPSA) is 186 Å². The van der Waals surface area contributed by atoms with Crippen molar-refractivity contribution < 1.29 is 54.8 Å². The van der Waals surface area contributed by atoms with Crippen molar-refractivity contribution in [3.63, 3.8) is 0 Å². The Hall–Kier alpha value is -0.990. The van der Waals surface area contributed by atoms with Gasteiger partial charge >= 0.3 is 0 Å². The second kappa shape index (κ2) is 11.3. The van der Waals surface area contributed by atoms with Gasteiger partial charge in [-0.3, -0.25) is 4.79 Å². The van der Waals surface area contributed by atoms with Crippen LogP contribution in [0.3, 0.4) is 0 Å². The lowest BCUT2D eigenvalue weighted by Crippen LogP contribution is -2.66.